The van der Waals surface area contributed by atoms with Gasteiger partial charge in [0.1, 0.15) is 5.58 Å². The third kappa shape index (κ3) is 2.15. The number of fused-ring (bicyclic) bond motifs is 3. The molecule has 4 nitrogen and oxygen atoms in total. The molecule has 0 aliphatic heterocycles. The zero-order valence-corrected chi connectivity index (χ0v) is 12.6. The Bertz CT molecular complexity index is 1050. The number of rotatable bonds is 2. The number of hydrogen-bond donors (Lipinski definition) is 0. The normalized spacial score (nSPS) is 11.2. The van der Waals surface area contributed by atoms with Crippen LogP contribution < -0.4 is 0 Å². The molecule has 0 amide bonds. The molecule has 0 aliphatic rings. The van der Waals surface area contributed by atoms with Gasteiger partial charge in [-0.15, -0.1) is 0 Å². The molecule has 1 aromatic heterocycles. The van der Waals surface area contributed by atoms with Gasteiger partial charge in [0.05, 0.1) is 10.3 Å². The fourth-order valence-corrected chi connectivity index (χ4v) is 2.92. The van der Waals surface area contributed by atoms with Gasteiger partial charge in [-0.2, -0.15) is 0 Å². The van der Waals surface area contributed by atoms with Gasteiger partial charge < -0.3 is 4.42 Å². The quantitative estimate of drug-likeness (QED) is 0.345. The molecule has 4 aromatic rings. The average Bonchev–Trinajstić information content (AvgIpc) is 2.95. The van der Waals surface area contributed by atoms with Gasteiger partial charge in [-0.1, -0.05) is 41.9 Å². The van der Waals surface area contributed by atoms with Crippen molar-refractivity contribution in [3.63, 3.8) is 0 Å². The number of furan rings is 1. The first-order valence-electron chi connectivity index (χ1n) is 7.00. The summed E-state index contributed by atoms with van der Waals surface area (Å²) in [4.78, 5) is 11.2. The first kappa shape index (κ1) is 13.8. The minimum Gasteiger partial charge on any atom is -0.448 e. The van der Waals surface area contributed by atoms with Crippen molar-refractivity contribution in [3.05, 3.63) is 75.8 Å². The summed E-state index contributed by atoms with van der Waals surface area (Å²) in [5, 5.41) is 14.5. The van der Waals surface area contributed by atoms with Gasteiger partial charge in [-0.25, -0.2) is 0 Å². The Kier molecular flexibility index (Phi) is 3.06. The second kappa shape index (κ2) is 5.11. The predicted molar refractivity (Wildman–Crippen MR) is 90.8 cm³/mol. The van der Waals surface area contributed by atoms with Crippen LogP contribution in [0.2, 0.25) is 5.02 Å². The number of nitro groups is 1. The van der Waals surface area contributed by atoms with Crippen molar-refractivity contribution in [2.45, 2.75) is 0 Å². The molecule has 0 atom stereocenters. The summed E-state index contributed by atoms with van der Waals surface area (Å²) in [6.45, 7) is 0. The minimum atomic E-state index is -0.398. The maximum absolute atomic E-state index is 11.6. The van der Waals surface area contributed by atoms with Crippen LogP contribution in [0.25, 0.3) is 33.1 Å². The van der Waals surface area contributed by atoms with E-state index in [0.29, 0.717) is 21.6 Å². The summed E-state index contributed by atoms with van der Waals surface area (Å²) < 4.78 is 5.91. The molecule has 0 aliphatic carbocycles. The SMILES string of the molecule is O=[N+]([O-])c1c(-c2ccc(Cl)cc2)oc2c1ccc1ccccc12. The second-order valence-electron chi connectivity index (χ2n) is 5.21. The molecule has 112 valence electrons. The Labute approximate surface area is 136 Å². The van der Waals surface area contributed by atoms with Crippen molar-refractivity contribution >= 4 is 39.0 Å². The molecule has 0 bridgehead atoms. The van der Waals surface area contributed by atoms with Gasteiger partial charge >= 0.3 is 5.69 Å². The smallest absolute Gasteiger partial charge is 0.323 e. The molecule has 0 unspecified atom stereocenters. The fraction of sp³-hybridized carbons (Fsp3) is 0. The van der Waals surface area contributed by atoms with Crippen molar-refractivity contribution < 1.29 is 9.34 Å². The van der Waals surface area contributed by atoms with Crippen LogP contribution in [0.3, 0.4) is 0 Å². The standard InChI is InChI=1S/C18H10ClNO3/c19-13-8-5-12(6-9-13)17-16(20(21)22)15-10-7-11-3-1-2-4-14(11)18(15)23-17/h1-10H. The summed E-state index contributed by atoms with van der Waals surface area (Å²) in [5.74, 6) is 0.248. The molecular weight excluding hydrogens is 314 g/mol. The summed E-state index contributed by atoms with van der Waals surface area (Å²) in [7, 11) is 0. The van der Waals surface area contributed by atoms with E-state index in [1.54, 1.807) is 30.3 Å². The third-order valence-electron chi connectivity index (χ3n) is 3.84. The van der Waals surface area contributed by atoms with Crippen molar-refractivity contribution in [1.29, 1.82) is 0 Å². The molecule has 5 heteroatoms. The van der Waals surface area contributed by atoms with E-state index >= 15 is 0 Å². The number of nitrogens with zero attached hydrogens (tertiary/aromatic N) is 1. The van der Waals surface area contributed by atoms with E-state index in [-0.39, 0.29) is 11.4 Å². The first-order valence-corrected chi connectivity index (χ1v) is 7.37. The molecule has 1 heterocycles. The Morgan fingerprint density at radius 1 is 0.913 bits per heavy atom. The Morgan fingerprint density at radius 3 is 2.39 bits per heavy atom. The highest BCUT2D eigenvalue weighted by Crippen LogP contribution is 2.42. The number of benzene rings is 3. The van der Waals surface area contributed by atoms with Crippen molar-refractivity contribution in [2.24, 2.45) is 0 Å². The third-order valence-corrected chi connectivity index (χ3v) is 4.09. The van der Waals surface area contributed by atoms with Crippen molar-refractivity contribution in [2.75, 3.05) is 0 Å². The molecule has 0 spiro atoms. The molecular formula is C18H10ClNO3. The van der Waals surface area contributed by atoms with Crippen LogP contribution in [0.1, 0.15) is 0 Å². The highest BCUT2D eigenvalue weighted by molar-refractivity contribution is 6.30. The van der Waals surface area contributed by atoms with E-state index < -0.39 is 4.92 Å². The zero-order valence-electron chi connectivity index (χ0n) is 11.8. The summed E-state index contributed by atoms with van der Waals surface area (Å²) in [5.41, 5.74) is 1.13. The van der Waals surface area contributed by atoms with Crippen LogP contribution in [0.15, 0.2) is 65.1 Å². The van der Waals surface area contributed by atoms with Crippen LogP contribution in [0.4, 0.5) is 5.69 Å². The van der Waals surface area contributed by atoms with Gasteiger partial charge in [0, 0.05) is 16.0 Å². The van der Waals surface area contributed by atoms with Crippen molar-refractivity contribution in [1.82, 2.24) is 0 Å². The fourth-order valence-electron chi connectivity index (χ4n) is 2.79. The zero-order chi connectivity index (χ0) is 16.0. The highest BCUT2D eigenvalue weighted by atomic mass is 35.5. The van der Waals surface area contributed by atoms with Gasteiger partial charge in [0.2, 0.25) is 5.76 Å². The monoisotopic (exact) mass is 323 g/mol. The topological polar surface area (TPSA) is 56.3 Å². The first-order chi connectivity index (χ1) is 11.1. The van der Waals surface area contributed by atoms with Crippen molar-refractivity contribution in [3.8, 4) is 11.3 Å². The van der Waals surface area contributed by atoms with E-state index in [9.17, 15) is 10.1 Å². The van der Waals surface area contributed by atoms with E-state index in [1.165, 1.54) is 0 Å². The maximum Gasteiger partial charge on any atom is 0.323 e. The maximum atomic E-state index is 11.6. The second-order valence-corrected chi connectivity index (χ2v) is 5.64. The highest BCUT2D eigenvalue weighted by Gasteiger charge is 2.26. The lowest BCUT2D eigenvalue weighted by Gasteiger charge is -1.97. The van der Waals surface area contributed by atoms with Gasteiger partial charge in [0.15, 0.2) is 0 Å². The van der Waals surface area contributed by atoms with Crippen LogP contribution in [-0.4, -0.2) is 4.92 Å². The lowest BCUT2D eigenvalue weighted by Crippen LogP contribution is -1.88. The summed E-state index contributed by atoms with van der Waals surface area (Å²) >= 11 is 5.89. The molecule has 0 saturated carbocycles. The lowest BCUT2D eigenvalue weighted by atomic mass is 10.1. The Morgan fingerprint density at radius 2 is 1.65 bits per heavy atom. The van der Waals surface area contributed by atoms with E-state index in [2.05, 4.69) is 0 Å². The summed E-state index contributed by atoms with van der Waals surface area (Å²) in [6.07, 6.45) is 0. The summed E-state index contributed by atoms with van der Waals surface area (Å²) in [6, 6.07) is 18.1. The van der Waals surface area contributed by atoms with E-state index in [1.807, 2.05) is 30.3 Å². The van der Waals surface area contributed by atoms with E-state index in [0.717, 1.165) is 10.8 Å². The number of hydrogen-bond acceptors (Lipinski definition) is 3. The molecule has 23 heavy (non-hydrogen) atoms. The Hall–Kier alpha value is -2.85. The van der Waals surface area contributed by atoms with Crippen LogP contribution in [0, 0.1) is 10.1 Å². The molecule has 0 saturated heterocycles. The molecule has 0 radical (unpaired) electrons. The van der Waals surface area contributed by atoms with Gasteiger partial charge in [-0.05, 0) is 35.7 Å². The average molecular weight is 324 g/mol. The molecule has 4 rings (SSSR count). The number of halogens is 1. The lowest BCUT2D eigenvalue weighted by molar-refractivity contribution is -0.382. The van der Waals surface area contributed by atoms with Crippen LogP contribution in [0.5, 0.6) is 0 Å². The minimum absolute atomic E-state index is 0.0203. The van der Waals surface area contributed by atoms with Gasteiger partial charge in [0.25, 0.3) is 0 Å². The van der Waals surface area contributed by atoms with Gasteiger partial charge in [-0.3, -0.25) is 10.1 Å². The largest absolute Gasteiger partial charge is 0.448 e. The molecule has 0 N–H and O–H groups in total. The van der Waals surface area contributed by atoms with Crippen LogP contribution in [-0.2, 0) is 0 Å². The Balaban J connectivity index is 2.11. The van der Waals surface area contributed by atoms with E-state index in [4.69, 9.17) is 16.0 Å². The predicted octanol–water partition coefficient (Wildman–Crippen LogP) is 5.81. The molecule has 3 aromatic carbocycles. The van der Waals surface area contributed by atoms with Crippen LogP contribution >= 0.6 is 11.6 Å². The molecule has 0 fully saturated rings.